The van der Waals surface area contributed by atoms with E-state index < -0.39 is 0 Å². The van der Waals surface area contributed by atoms with Gasteiger partial charge in [-0.05, 0) is 27.6 Å². The molecule has 1 aliphatic heterocycles. The molecule has 10 heavy (non-hydrogen) atoms. The molecule has 1 aromatic carbocycles. The van der Waals surface area contributed by atoms with Crippen LogP contribution >= 0.6 is 15.9 Å². The number of para-hydroxylation sites is 1. The predicted octanol–water partition coefficient (Wildman–Crippen LogP) is 2.67. The number of rotatable bonds is 0. The Labute approximate surface area is 67.9 Å². The Morgan fingerprint density at radius 1 is 1.30 bits per heavy atom. The molecule has 0 aromatic heterocycles. The Balaban J connectivity index is 2.54. The van der Waals surface area contributed by atoms with Crippen molar-refractivity contribution in [3.63, 3.8) is 0 Å². The quantitative estimate of drug-likeness (QED) is 0.604. The van der Waals surface area contributed by atoms with E-state index in [4.69, 9.17) is 0 Å². The fourth-order valence-electron chi connectivity index (χ4n) is 1.10. The van der Waals surface area contributed by atoms with Gasteiger partial charge in [0.25, 0.3) is 0 Å². The number of halogens is 1. The Morgan fingerprint density at radius 3 is 2.90 bits per heavy atom. The van der Waals surface area contributed by atoms with Gasteiger partial charge in [0.2, 0.25) is 0 Å². The molecule has 0 amide bonds. The van der Waals surface area contributed by atoms with Gasteiger partial charge in [0.1, 0.15) is 0 Å². The normalized spacial score (nSPS) is 14.7. The molecular formula is C8H6BrN. The van der Waals surface area contributed by atoms with E-state index in [2.05, 4.69) is 27.0 Å². The van der Waals surface area contributed by atoms with E-state index in [-0.39, 0.29) is 0 Å². The van der Waals surface area contributed by atoms with Gasteiger partial charge in [0, 0.05) is 6.42 Å². The molecule has 0 radical (unpaired) electrons. The summed E-state index contributed by atoms with van der Waals surface area (Å²) in [6.45, 7) is 0. The van der Waals surface area contributed by atoms with Crippen molar-refractivity contribution in [2.24, 2.45) is 4.99 Å². The lowest BCUT2D eigenvalue weighted by Crippen LogP contribution is -1.83. The average Bonchev–Trinajstić information content (AvgIpc) is 2.27. The first kappa shape index (κ1) is 6.10. The predicted molar refractivity (Wildman–Crippen MR) is 46.2 cm³/mol. The maximum Gasteiger partial charge on any atom is 0.0881 e. The van der Waals surface area contributed by atoms with Crippen LogP contribution in [0.3, 0.4) is 0 Å². The topological polar surface area (TPSA) is 12.4 Å². The van der Waals surface area contributed by atoms with Crippen molar-refractivity contribution in [3.8, 4) is 0 Å². The molecule has 1 aromatic rings. The van der Waals surface area contributed by atoms with Crippen molar-refractivity contribution >= 4 is 26.2 Å². The molecule has 1 nitrogen and oxygen atoms in total. The zero-order valence-electron chi connectivity index (χ0n) is 5.34. The molecule has 0 saturated carbocycles. The summed E-state index contributed by atoms with van der Waals surface area (Å²) in [6, 6.07) is 8.19. The van der Waals surface area contributed by atoms with E-state index >= 15 is 0 Å². The summed E-state index contributed by atoms with van der Waals surface area (Å²) < 4.78 is 1.04. The molecule has 0 aliphatic carbocycles. The van der Waals surface area contributed by atoms with Gasteiger partial charge in [0.05, 0.1) is 10.3 Å². The van der Waals surface area contributed by atoms with Crippen LogP contribution in [-0.4, -0.2) is 4.62 Å². The third kappa shape index (κ3) is 0.886. The van der Waals surface area contributed by atoms with Crippen molar-refractivity contribution in [1.82, 2.24) is 0 Å². The molecule has 1 heterocycles. The number of fused-ring (bicyclic) bond motifs is 1. The minimum atomic E-state index is 0.955. The monoisotopic (exact) mass is 195 g/mol. The SMILES string of the molecule is BrC1=Nc2ccccc2C1. The van der Waals surface area contributed by atoms with Gasteiger partial charge in [-0.3, -0.25) is 0 Å². The summed E-state index contributed by atoms with van der Waals surface area (Å²) >= 11 is 3.37. The first-order valence-corrected chi connectivity index (χ1v) is 3.96. The molecule has 0 spiro atoms. The molecule has 0 fully saturated rings. The summed E-state index contributed by atoms with van der Waals surface area (Å²) in [5, 5.41) is 0. The number of nitrogens with zero attached hydrogens (tertiary/aromatic N) is 1. The van der Waals surface area contributed by atoms with E-state index in [0.29, 0.717) is 0 Å². The Hall–Kier alpha value is -0.630. The van der Waals surface area contributed by atoms with Crippen LogP contribution in [0.1, 0.15) is 5.56 Å². The minimum Gasteiger partial charge on any atom is -0.245 e. The van der Waals surface area contributed by atoms with E-state index in [0.717, 1.165) is 16.7 Å². The second-order valence-electron chi connectivity index (χ2n) is 2.29. The molecule has 0 N–H and O–H groups in total. The second kappa shape index (κ2) is 2.20. The van der Waals surface area contributed by atoms with E-state index in [9.17, 15) is 0 Å². The minimum absolute atomic E-state index is 0.955. The van der Waals surface area contributed by atoms with Crippen LogP contribution in [0.2, 0.25) is 0 Å². The largest absolute Gasteiger partial charge is 0.245 e. The Kier molecular flexibility index (Phi) is 1.34. The highest BCUT2D eigenvalue weighted by Crippen LogP contribution is 2.27. The highest BCUT2D eigenvalue weighted by molar-refractivity contribution is 9.18. The van der Waals surface area contributed by atoms with Crippen LogP contribution in [0.4, 0.5) is 5.69 Å². The standard InChI is InChI=1S/C8H6BrN/c9-8-5-6-3-1-2-4-7(6)10-8/h1-4H,5H2. The van der Waals surface area contributed by atoms with Crippen LogP contribution in [0.5, 0.6) is 0 Å². The van der Waals surface area contributed by atoms with Crippen LogP contribution in [0.25, 0.3) is 0 Å². The summed E-state index contributed by atoms with van der Waals surface area (Å²) in [5.74, 6) is 0. The lowest BCUT2D eigenvalue weighted by Gasteiger charge is -1.91. The van der Waals surface area contributed by atoms with Gasteiger partial charge in [0.15, 0.2) is 0 Å². The smallest absolute Gasteiger partial charge is 0.0881 e. The molecule has 2 rings (SSSR count). The molecule has 0 saturated heterocycles. The van der Waals surface area contributed by atoms with Crippen molar-refractivity contribution in [2.45, 2.75) is 6.42 Å². The average molecular weight is 196 g/mol. The van der Waals surface area contributed by atoms with Gasteiger partial charge in [-0.1, -0.05) is 18.2 Å². The maximum absolute atomic E-state index is 4.29. The van der Waals surface area contributed by atoms with Gasteiger partial charge in [-0.15, -0.1) is 0 Å². The highest BCUT2D eigenvalue weighted by atomic mass is 79.9. The molecule has 50 valence electrons. The van der Waals surface area contributed by atoms with Crippen molar-refractivity contribution in [2.75, 3.05) is 0 Å². The summed E-state index contributed by atoms with van der Waals surface area (Å²) in [7, 11) is 0. The Bertz CT molecular complexity index is 291. The molecule has 0 unspecified atom stereocenters. The van der Waals surface area contributed by atoms with Crippen molar-refractivity contribution < 1.29 is 0 Å². The van der Waals surface area contributed by atoms with Crippen molar-refractivity contribution in [1.29, 1.82) is 0 Å². The van der Waals surface area contributed by atoms with Gasteiger partial charge >= 0.3 is 0 Å². The van der Waals surface area contributed by atoms with Gasteiger partial charge in [-0.25, -0.2) is 4.99 Å². The lowest BCUT2D eigenvalue weighted by atomic mass is 10.2. The highest BCUT2D eigenvalue weighted by Gasteiger charge is 2.09. The van der Waals surface area contributed by atoms with Crippen molar-refractivity contribution in [3.05, 3.63) is 29.8 Å². The van der Waals surface area contributed by atoms with Crippen LogP contribution in [0, 0.1) is 0 Å². The van der Waals surface area contributed by atoms with Crippen LogP contribution < -0.4 is 0 Å². The zero-order valence-corrected chi connectivity index (χ0v) is 6.93. The summed E-state index contributed by atoms with van der Waals surface area (Å²) in [5.41, 5.74) is 2.42. The fraction of sp³-hybridized carbons (Fsp3) is 0.125. The lowest BCUT2D eigenvalue weighted by molar-refractivity contribution is 1.41. The third-order valence-electron chi connectivity index (χ3n) is 1.57. The third-order valence-corrected chi connectivity index (χ3v) is 2.03. The number of hydrogen-bond acceptors (Lipinski definition) is 1. The molecule has 0 atom stereocenters. The van der Waals surface area contributed by atoms with E-state index in [1.807, 2.05) is 18.2 Å². The number of hydrogen-bond donors (Lipinski definition) is 0. The summed E-state index contributed by atoms with van der Waals surface area (Å²) in [4.78, 5) is 4.29. The first-order chi connectivity index (χ1) is 4.86. The second-order valence-corrected chi connectivity index (χ2v) is 3.21. The first-order valence-electron chi connectivity index (χ1n) is 3.17. The van der Waals surface area contributed by atoms with E-state index in [1.54, 1.807) is 0 Å². The van der Waals surface area contributed by atoms with E-state index in [1.165, 1.54) is 5.56 Å². The number of benzene rings is 1. The van der Waals surface area contributed by atoms with Gasteiger partial charge < -0.3 is 0 Å². The molecular weight excluding hydrogens is 190 g/mol. The maximum atomic E-state index is 4.29. The van der Waals surface area contributed by atoms with Gasteiger partial charge in [-0.2, -0.15) is 0 Å². The van der Waals surface area contributed by atoms with Crippen LogP contribution in [0.15, 0.2) is 29.3 Å². The summed E-state index contributed by atoms with van der Waals surface area (Å²) in [6.07, 6.45) is 0.955. The number of aliphatic imine (C=N–C) groups is 1. The fourth-order valence-corrected chi connectivity index (χ4v) is 1.59. The molecule has 1 aliphatic rings. The Morgan fingerprint density at radius 2 is 2.10 bits per heavy atom. The molecule has 0 bridgehead atoms. The molecule has 2 heteroatoms. The zero-order chi connectivity index (χ0) is 6.97. The van der Waals surface area contributed by atoms with Crippen LogP contribution in [-0.2, 0) is 6.42 Å².